The molecule has 1 aliphatic heterocycles. The zero-order chi connectivity index (χ0) is 16.1. The van der Waals surface area contributed by atoms with Gasteiger partial charge >= 0.3 is 5.13 Å². The van der Waals surface area contributed by atoms with E-state index in [9.17, 15) is 0 Å². The maximum absolute atomic E-state index is 2.57. The summed E-state index contributed by atoms with van der Waals surface area (Å²) in [5.41, 5.74) is 3.08. The van der Waals surface area contributed by atoms with Crippen molar-refractivity contribution in [2.45, 2.75) is 71.3 Å². The number of aromatic nitrogens is 1. The lowest BCUT2D eigenvalue weighted by atomic mass is 10.0. The molecule has 4 heteroatoms. The fraction of sp³-hybridized carbons (Fsp3) is 0.650. The van der Waals surface area contributed by atoms with Crippen LogP contribution in [-0.2, 0) is 13.0 Å². The minimum atomic E-state index is 0. The second-order valence-corrected chi connectivity index (χ2v) is 7.96. The van der Waals surface area contributed by atoms with Gasteiger partial charge in [-0.2, -0.15) is 0 Å². The second kappa shape index (κ2) is 9.76. The molecular formula is C20H31BrN2S. The summed E-state index contributed by atoms with van der Waals surface area (Å²) in [6, 6.07) is 6.91. The summed E-state index contributed by atoms with van der Waals surface area (Å²) >= 11 is 1.96. The van der Waals surface area contributed by atoms with Gasteiger partial charge in [0.25, 0.3) is 0 Å². The Hall–Kier alpha value is -0.610. The van der Waals surface area contributed by atoms with E-state index in [2.05, 4.69) is 41.6 Å². The Labute approximate surface area is 161 Å². The first-order valence-corrected chi connectivity index (χ1v) is 10.3. The van der Waals surface area contributed by atoms with Crippen molar-refractivity contribution in [2.24, 2.45) is 0 Å². The third-order valence-corrected chi connectivity index (χ3v) is 6.30. The number of hydrogen-bond donors (Lipinski definition) is 0. The lowest BCUT2D eigenvalue weighted by Crippen LogP contribution is -3.00. The summed E-state index contributed by atoms with van der Waals surface area (Å²) in [6.45, 7) is 4.67. The van der Waals surface area contributed by atoms with Crippen LogP contribution in [0, 0.1) is 0 Å². The molecule has 0 bridgehead atoms. The number of rotatable bonds is 8. The maximum Gasteiger partial charge on any atom is 0.336 e. The van der Waals surface area contributed by atoms with Crippen molar-refractivity contribution in [3.05, 3.63) is 23.8 Å². The summed E-state index contributed by atoms with van der Waals surface area (Å²) < 4.78 is 4.04. The molecule has 24 heavy (non-hydrogen) atoms. The zero-order valence-corrected chi connectivity index (χ0v) is 17.6. The number of halogens is 1. The highest BCUT2D eigenvalue weighted by Crippen LogP contribution is 2.31. The van der Waals surface area contributed by atoms with E-state index in [1.54, 1.807) is 5.56 Å². The first kappa shape index (κ1) is 19.7. The van der Waals surface area contributed by atoms with Crippen LogP contribution in [0.25, 0.3) is 10.2 Å². The van der Waals surface area contributed by atoms with Gasteiger partial charge in [-0.1, -0.05) is 57.6 Å². The first-order valence-electron chi connectivity index (χ1n) is 9.46. The number of unbranched alkanes of at least 4 members (excludes halogenated alkanes) is 6. The van der Waals surface area contributed by atoms with Gasteiger partial charge in [0.1, 0.15) is 5.52 Å². The van der Waals surface area contributed by atoms with Crippen molar-refractivity contribution in [3.63, 3.8) is 0 Å². The number of thiazole rings is 1. The Bertz CT molecular complexity index is 638. The molecule has 0 unspecified atom stereocenters. The van der Waals surface area contributed by atoms with Gasteiger partial charge in [-0.15, -0.1) is 0 Å². The predicted molar refractivity (Wildman–Crippen MR) is 102 cm³/mol. The zero-order valence-electron chi connectivity index (χ0n) is 15.2. The number of benzene rings is 1. The molecule has 0 saturated heterocycles. The van der Waals surface area contributed by atoms with Crippen LogP contribution in [0.5, 0.6) is 0 Å². The van der Waals surface area contributed by atoms with E-state index in [4.69, 9.17) is 0 Å². The molecule has 1 aromatic heterocycles. The number of anilines is 1. The van der Waals surface area contributed by atoms with Gasteiger partial charge in [-0.3, -0.25) is 4.90 Å². The molecule has 134 valence electrons. The smallest absolute Gasteiger partial charge is 0.336 e. The average Bonchev–Trinajstić information content (AvgIpc) is 2.95. The maximum atomic E-state index is 2.57. The number of nitrogens with zero attached hydrogens (tertiary/aromatic N) is 2. The minimum Gasteiger partial charge on any atom is -1.00 e. The monoisotopic (exact) mass is 410 g/mol. The molecule has 2 nitrogen and oxygen atoms in total. The van der Waals surface area contributed by atoms with E-state index in [1.807, 2.05) is 11.3 Å². The predicted octanol–water partition coefficient (Wildman–Crippen LogP) is 2.33. The molecule has 3 rings (SSSR count). The van der Waals surface area contributed by atoms with Crippen LogP contribution in [0.15, 0.2) is 18.2 Å². The fourth-order valence-electron chi connectivity index (χ4n) is 3.73. The Balaban J connectivity index is 0.00000208. The molecule has 0 radical (unpaired) electrons. The molecule has 2 heterocycles. The third kappa shape index (κ3) is 4.51. The minimum absolute atomic E-state index is 0. The largest absolute Gasteiger partial charge is 1.00 e. The SMILES string of the molecule is CCCCCCCCCc1cccc2sc3[n+](c12)CCCN3C.[Br-]. The standard InChI is InChI=1S/C20H31N2S.BrH/c1-3-4-5-6-7-8-9-12-17-13-10-14-18-19(17)22-16-11-15-21(2)20(22)23-18;/h10,13-14H,3-9,11-12,15-16H2,1-2H3;1H/q+1;/p-1. The summed E-state index contributed by atoms with van der Waals surface area (Å²) in [5, 5.41) is 1.44. The van der Waals surface area contributed by atoms with E-state index in [-0.39, 0.29) is 17.0 Å². The molecule has 0 atom stereocenters. The summed E-state index contributed by atoms with van der Waals surface area (Å²) in [5.74, 6) is 0. The molecule has 0 saturated carbocycles. The molecule has 1 aromatic carbocycles. The highest BCUT2D eigenvalue weighted by Gasteiger charge is 2.27. The van der Waals surface area contributed by atoms with Crippen LogP contribution in [0.1, 0.15) is 63.9 Å². The van der Waals surface area contributed by atoms with Gasteiger partial charge in [0.2, 0.25) is 0 Å². The van der Waals surface area contributed by atoms with Crippen LogP contribution < -0.4 is 26.4 Å². The van der Waals surface area contributed by atoms with Crippen molar-refractivity contribution < 1.29 is 21.5 Å². The van der Waals surface area contributed by atoms with Gasteiger partial charge in [0.05, 0.1) is 24.8 Å². The van der Waals surface area contributed by atoms with Gasteiger partial charge in [0, 0.05) is 12.0 Å². The van der Waals surface area contributed by atoms with Crippen molar-refractivity contribution in [3.8, 4) is 0 Å². The lowest BCUT2D eigenvalue weighted by molar-refractivity contribution is -0.659. The van der Waals surface area contributed by atoms with Crippen molar-refractivity contribution in [1.29, 1.82) is 0 Å². The molecule has 0 amide bonds. The average molecular weight is 411 g/mol. The van der Waals surface area contributed by atoms with Gasteiger partial charge in [-0.05, 0) is 30.2 Å². The molecule has 0 spiro atoms. The number of para-hydroxylation sites is 1. The highest BCUT2D eigenvalue weighted by molar-refractivity contribution is 7.21. The van der Waals surface area contributed by atoms with E-state index in [0.717, 1.165) is 0 Å². The molecule has 0 aliphatic carbocycles. The van der Waals surface area contributed by atoms with E-state index < -0.39 is 0 Å². The fourth-order valence-corrected chi connectivity index (χ4v) is 4.95. The molecule has 0 N–H and O–H groups in total. The van der Waals surface area contributed by atoms with Crippen molar-refractivity contribution in [1.82, 2.24) is 0 Å². The van der Waals surface area contributed by atoms with Crippen LogP contribution in [0.4, 0.5) is 5.13 Å². The number of fused-ring (bicyclic) bond motifs is 3. The van der Waals surface area contributed by atoms with E-state index in [0.29, 0.717) is 0 Å². The quantitative estimate of drug-likeness (QED) is 0.478. The molecule has 2 aromatic rings. The van der Waals surface area contributed by atoms with Crippen molar-refractivity contribution >= 4 is 26.7 Å². The molecular weight excluding hydrogens is 380 g/mol. The summed E-state index contributed by atoms with van der Waals surface area (Å²) in [7, 11) is 2.23. The molecule has 0 fully saturated rings. The van der Waals surface area contributed by atoms with Gasteiger partial charge in [0.15, 0.2) is 0 Å². The highest BCUT2D eigenvalue weighted by atomic mass is 79.9. The van der Waals surface area contributed by atoms with Gasteiger partial charge in [-0.25, -0.2) is 4.57 Å². The Morgan fingerprint density at radius 2 is 1.83 bits per heavy atom. The van der Waals surface area contributed by atoms with Gasteiger partial charge < -0.3 is 17.0 Å². The number of aryl methyl sites for hydroxylation is 2. The van der Waals surface area contributed by atoms with Crippen LogP contribution in [0.3, 0.4) is 0 Å². The van der Waals surface area contributed by atoms with Crippen LogP contribution >= 0.6 is 11.3 Å². The summed E-state index contributed by atoms with van der Waals surface area (Å²) in [6.07, 6.45) is 12.2. The normalized spacial score (nSPS) is 13.8. The summed E-state index contributed by atoms with van der Waals surface area (Å²) in [4.78, 5) is 2.42. The lowest BCUT2D eigenvalue weighted by Gasteiger charge is -2.17. The van der Waals surface area contributed by atoms with Crippen LogP contribution in [0.2, 0.25) is 0 Å². The Morgan fingerprint density at radius 1 is 1.08 bits per heavy atom. The topological polar surface area (TPSA) is 7.12 Å². The van der Waals surface area contributed by atoms with Crippen molar-refractivity contribution in [2.75, 3.05) is 18.5 Å². The van der Waals surface area contributed by atoms with E-state index in [1.165, 1.54) is 86.2 Å². The molecule has 1 aliphatic rings. The Kier molecular flexibility index (Phi) is 8.02. The third-order valence-electron chi connectivity index (χ3n) is 5.04. The van der Waals surface area contributed by atoms with Crippen LogP contribution in [-0.4, -0.2) is 13.6 Å². The number of hydrogen-bond acceptors (Lipinski definition) is 2. The second-order valence-electron chi connectivity index (χ2n) is 6.95. The first-order chi connectivity index (χ1) is 11.3. The van der Waals surface area contributed by atoms with E-state index >= 15 is 0 Å². The Morgan fingerprint density at radius 3 is 2.62 bits per heavy atom.